The number of halogens is 1. The molecule has 158 valence electrons. The molecular weight excluding hydrogens is 424 g/mol. The second kappa shape index (κ2) is 7.13. The number of hydrogen-bond acceptors (Lipinski definition) is 1. The summed E-state index contributed by atoms with van der Waals surface area (Å²) < 4.78 is 0. The number of nitrogens with zero attached hydrogens (tertiary/aromatic N) is 1. The van der Waals surface area contributed by atoms with Crippen molar-refractivity contribution in [3.05, 3.63) is 136 Å². The van der Waals surface area contributed by atoms with E-state index in [1.165, 1.54) is 55.8 Å². The highest BCUT2D eigenvalue weighted by atomic mass is 35.5. The molecule has 3 heteroatoms. The average molecular weight is 445 g/mol. The number of H-pyrrole nitrogens is 1. The Kier molecular flexibility index (Phi) is 4.06. The summed E-state index contributed by atoms with van der Waals surface area (Å²) in [5, 5.41) is 2.06. The average Bonchev–Trinajstić information content (AvgIpc) is 3.15. The summed E-state index contributed by atoms with van der Waals surface area (Å²) >= 11 is 6.52. The lowest BCUT2D eigenvalue weighted by Crippen LogP contribution is -2.31. The van der Waals surface area contributed by atoms with Crippen molar-refractivity contribution in [3.8, 4) is 0 Å². The summed E-state index contributed by atoms with van der Waals surface area (Å²) in [4.78, 5) is 6.32. The molecule has 2 aliphatic heterocycles. The van der Waals surface area contributed by atoms with Crippen LogP contribution >= 0.6 is 11.6 Å². The van der Waals surface area contributed by atoms with Crippen molar-refractivity contribution in [2.45, 2.75) is 12.5 Å². The molecule has 0 fully saturated rings. The fourth-order valence-corrected chi connectivity index (χ4v) is 5.73. The Balaban J connectivity index is 1.61. The van der Waals surface area contributed by atoms with Crippen LogP contribution in [0.4, 0.5) is 5.69 Å². The number of anilines is 1. The maximum absolute atomic E-state index is 6.52. The molecule has 1 N–H and O–H groups in total. The topological polar surface area (TPSA) is 19.0 Å². The lowest BCUT2D eigenvalue weighted by atomic mass is 9.89. The van der Waals surface area contributed by atoms with Crippen LogP contribution in [0.2, 0.25) is 5.02 Å². The van der Waals surface area contributed by atoms with Gasteiger partial charge in [0, 0.05) is 39.4 Å². The van der Waals surface area contributed by atoms with Crippen LogP contribution in [0.25, 0.3) is 22.7 Å². The minimum atomic E-state index is 0.0474. The van der Waals surface area contributed by atoms with Crippen LogP contribution in [0.3, 0.4) is 0 Å². The van der Waals surface area contributed by atoms with Crippen LogP contribution in [0.5, 0.6) is 0 Å². The fourth-order valence-electron chi connectivity index (χ4n) is 5.54. The van der Waals surface area contributed by atoms with Crippen molar-refractivity contribution in [1.82, 2.24) is 4.98 Å². The van der Waals surface area contributed by atoms with Crippen molar-refractivity contribution in [2.75, 3.05) is 4.90 Å². The lowest BCUT2D eigenvalue weighted by Gasteiger charge is -2.39. The molecule has 0 saturated carbocycles. The van der Waals surface area contributed by atoms with Gasteiger partial charge in [0.15, 0.2) is 0 Å². The van der Waals surface area contributed by atoms with Gasteiger partial charge in [-0.15, -0.1) is 0 Å². The van der Waals surface area contributed by atoms with Crippen molar-refractivity contribution in [1.29, 1.82) is 0 Å². The minimum absolute atomic E-state index is 0.0474. The van der Waals surface area contributed by atoms with Crippen LogP contribution in [0.15, 0.2) is 97.1 Å². The molecule has 1 atom stereocenters. The molecular formula is C30H21ClN2. The first-order chi connectivity index (χ1) is 16.3. The minimum Gasteiger partial charge on any atom is -0.356 e. The molecule has 0 aliphatic carbocycles. The summed E-state index contributed by atoms with van der Waals surface area (Å²) in [6.45, 7) is 0. The van der Waals surface area contributed by atoms with Gasteiger partial charge < -0.3 is 9.88 Å². The maximum atomic E-state index is 6.52. The molecule has 5 aromatic rings. The third-order valence-electron chi connectivity index (χ3n) is 6.96. The number of rotatable bonds is 1. The Morgan fingerprint density at radius 1 is 0.818 bits per heavy atom. The first-order valence-electron chi connectivity index (χ1n) is 11.3. The normalized spacial score (nSPS) is 16.3. The summed E-state index contributed by atoms with van der Waals surface area (Å²) in [6.07, 6.45) is 3.17. The van der Waals surface area contributed by atoms with Gasteiger partial charge in [-0.25, -0.2) is 0 Å². The van der Waals surface area contributed by atoms with Crippen LogP contribution < -0.4 is 4.90 Å². The molecule has 2 nitrogen and oxygen atoms in total. The first-order valence-corrected chi connectivity index (χ1v) is 11.7. The number of benzene rings is 4. The molecule has 0 spiro atoms. The molecule has 2 aliphatic rings. The van der Waals surface area contributed by atoms with E-state index >= 15 is 0 Å². The van der Waals surface area contributed by atoms with E-state index in [0.29, 0.717) is 0 Å². The number of aromatic amines is 1. The van der Waals surface area contributed by atoms with Gasteiger partial charge in [-0.2, -0.15) is 0 Å². The molecule has 0 saturated heterocycles. The van der Waals surface area contributed by atoms with E-state index in [9.17, 15) is 0 Å². The number of aromatic nitrogens is 1. The van der Waals surface area contributed by atoms with E-state index in [1.807, 2.05) is 6.07 Å². The Hall–Kier alpha value is -3.75. The predicted octanol–water partition coefficient (Wildman–Crippen LogP) is 7.83. The number of para-hydroxylation sites is 1. The second-order valence-electron chi connectivity index (χ2n) is 8.81. The molecule has 0 radical (unpaired) electrons. The highest BCUT2D eigenvalue weighted by Gasteiger charge is 2.37. The maximum Gasteiger partial charge on any atom is 0.100 e. The van der Waals surface area contributed by atoms with Crippen LogP contribution in [0, 0.1) is 0 Å². The monoisotopic (exact) mass is 444 g/mol. The number of hydrogen-bond donors (Lipinski definition) is 1. The molecule has 1 unspecified atom stereocenters. The van der Waals surface area contributed by atoms with E-state index in [-0.39, 0.29) is 6.04 Å². The van der Waals surface area contributed by atoms with Gasteiger partial charge in [-0.3, -0.25) is 0 Å². The smallest absolute Gasteiger partial charge is 0.100 e. The Morgan fingerprint density at radius 2 is 1.61 bits per heavy atom. The standard InChI is InChI=1S/C30H21ClN2/c31-22-14-15-27-21(16-22)17-25-24-12-6-7-13-26(24)32-29(25)30-23-11-5-4-10-20(23)18-28(33(27)30)19-8-2-1-3-9-19/h1-16,18,30,32H,17H2. The molecule has 4 aromatic carbocycles. The van der Waals surface area contributed by atoms with Gasteiger partial charge in [0.05, 0.1) is 0 Å². The first kappa shape index (κ1) is 18.8. The molecule has 0 bridgehead atoms. The van der Waals surface area contributed by atoms with Crippen molar-refractivity contribution >= 4 is 40.0 Å². The molecule has 0 amide bonds. The molecule has 7 rings (SSSR count). The van der Waals surface area contributed by atoms with E-state index in [2.05, 4.69) is 107 Å². The third-order valence-corrected chi connectivity index (χ3v) is 7.19. The van der Waals surface area contributed by atoms with Gasteiger partial charge in [0.25, 0.3) is 0 Å². The summed E-state index contributed by atoms with van der Waals surface area (Å²) in [6, 6.07) is 34.5. The van der Waals surface area contributed by atoms with E-state index in [1.54, 1.807) is 0 Å². The Labute approximate surface area is 197 Å². The summed E-state index contributed by atoms with van der Waals surface area (Å²) in [5.41, 5.74) is 11.2. The van der Waals surface area contributed by atoms with Crippen LogP contribution in [0.1, 0.15) is 39.6 Å². The van der Waals surface area contributed by atoms with Gasteiger partial charge in [-0.05, 0) is 58.2 Å². The number of nitrogens with one attached hydrogen (secondary N) is 1. The third kappa shape index (κ3) is 2.81. The Morgan fingerprint density at radius 3 is 2.52 bits per heavy atom. The molecule has 1 aromatic heterocycles. The summed E-state index contributed by atoms with van der Waals surface area (Å²) in [7, 11) is 0. The quantitative estimate of drug-likeness (QED) is 0.279. The SMILES string of the molecule is Clc1ccc2c(c1)Cc1c([nH]c3ccccc13)C1c3ccccc3C=C(c3ccccc3)N21. The zero-order valence-electron chi connectivity index (χ0n) is 17.9. The van der Waals surface area contributed by atoms with Crippen molar-refractivity contribution in [3.63, 3.8) is 0 Å². The fraction of sp³-hybridized carbons (Fsp3) is 0.0667. The second-order valence-corrected chi connectivity index (χ2v) is 9.25. The van der Waals surface area contributed by atoms with Crippen LogP contribution in [-0.4, -0.2) is 4.98 Å². The largest absolute Gasteiger partial charge is 0.356 e. The summed E-state index contributed by atoms with van der Waals surface area (Å²) in [5.74, 6) is 0. The number of fused-ring (bicyclic) bond motifs is 9. The van der Waals surface area contributed by atoms with E-state index in [4.69, 9.17) is 11.6 Å². The molecule has 3 heterocycles. The highest BCUT2D eigenvalue weighted by molar-refractivity contribution is 6.30. The van der Waals surface area contributed by atoms with E-state index < -0.39 is 0 Å². The molecule has 33 heavy (non-hydrogen) atoms. The van der Waals surface area contributed by atoms with Crippen molar-refractivity contribution < 1.29 is 0 Å². The highest BCUT2D eigenvalue weighted by Crippen LogP contribution is 2.50. The van der Waals surface area contributed by atoms with E-state index in [0.717, 1.165) is 11.4 Å². The lowest BCUT2D eigenvalue weighted by molar-refractivity contribution is 0.794. The van der Waals surface area contributed by atoms with Gasteiger partial charge in [0.2, 0.25) is 0 Å². The van der Waals surface area contributed by atoms with Gasteiger partial charge >= 0.3 is 0 Å². The zero-order valence-corrected chi connectivity index (χ0v) is 18.7. The predicted molar refractivity (Wildman–Crippen MR) is 138 cm³/mol. The zero-order chi connectivity index (χ0) is 21.9. The van der Waals surface area contributed by atoms with Crippen molar-refractivity contribution in [2.24, 2.45) is 0 Å². The van der Waals surface area contributed by atoms with Gasteiger partial charge in [-0.1, -0.05) is 84.4 Å². The van der Waals surface area contributed by atoms with Crippen LogP contribution in [-0.2, 0) is 6.42 Å². The Bertz CT molecular complexity index is 1560. The van der Waals surface area contributed by atoms with Gasteiger partial charge in [0.1, 0.15) is 6.04 Å².